The van der Waals surface area contributed by atoms with Crippen LogP contribution in [-0.2, 0) is 14.3 Å². The average Bonchev–Trinajstić information content (AvgIpc) is 3.24. The molecule has 0 aromatic heterocycles. The molecule has 1 aromatic rings. The van der Waals surface area contributed by atoms with Crippen molar-refractivity contribution in [1.29, 1.82) is 0 Å². The number of amides is 2. The van der Waals surface area contributed by atoms with E-state index in [1.165, 1.54) is 11.8 Å². The largest absolute Gasteiger partial charge is 0.452 e. The van der Waals surface area contributed by atoms with Gasteiger partial charge in [-0.15, -0.1) is 11.8 Å². The van der Waals surface area contributed by atoms with Crippen LogP contribution in [0.15, 0.2) is 29.2 Å². The molecule has 0 spiro atoms. The second kappa shape index (κ2) is 11.9. The van der Waals surface area contributed by atoms with E-state index in [-0.39, 0.29) is 30.2 Å². The van der Waals surface area contributed by atoms with E-state index in [9.17, 15) is 14.4 Å². The van der Waals surface area contributed by atoms with Crippen LogP contribution in [0.5, 0.6) is 0 Å². The summed E-state index contributed by atoms with van der Waals surface area (Å²) in [5, 5.41) is 2.86. The smallest absolute Gasteiger partial charge is 0.339 e. The number of hydrogen-bond acceptors (Lipinski definition) is 5. The zero-order chi connectivity index (χ0) is 21.2. The highest BCUT2D eigenvalue weighted by molar-refractivity contribution is 8.00. The summed E-state index contributed by atoms with van der Waals surface area (Å²) in [6, 6.07) is 7.07. The maximum Gasteiger partial charge on any atom is 0.339 e. The van der Waals surface area contributed by atoms with Gasteiger partial charge in [-0.25, -0.2) is 4.79 Å². The Kier molecular flexibility index (Phi) is 9.51. The van der Waals surface area contributed by atoms with E-state index in [2.05, 4.69) is 19.2 Å². The van der Waals surface area contributed by atoms with Crippen LogP contribution in [0.2, 0.25) is 0 Å². The molecule has 1 aromatic carbocycles. The molecule has 29 heavy (non-hydrogen) atoms. The number of carbonyl (C=O) groups excluding carboxylic acids is 3. The minimum atomic E-state index is -0.549. The molecular formula is C22H32N2O4S. The highest BCUT2D eigenvalue weighted by Crippen LogP contribution is 2.24. The van der Waals surface area contributed by atoms with Crippen LogP contribution in [0.4, 0.5) is 0 Å². The Morgan fingerprint density at radius 2 is 1.79 bits per heavy atom. The van der Waals surface area contributed by atoms with E-state index in [4.69, 9.17) is 4.74 Å². The summed E-state index contributed by atoms with van der Waals surface area (Å²) >= 11 is 1.33. The fourth-order valence-electron chi connectivity index (χ4n) is 3.14. The van der Waals surface area contributed by atoms with E-state index in [0.29, 0.717) is 16.4 Å². The Labute approximate surface area is 177 Å². The van der Waals surface area contributed by atoms with Gasteiger partial charge in [-0.1, -0.05) is 26.0 Å². The zero-order valence-corrected chi connectivity index (χ0v) is 18.4. The minimum absolute atomic E-state index is 0.0445. The number of carbonyl (C=O) groups is 3. The average molecular weight is 421 g/mol. The van der Waals surface area contributed by atoms with Crippen LogP contribution in [0.3, 0.4) is 0 Å². The highest BCUT2D eigenvalue weighted by atomic mass is 32.2. The molecule has 0 aliphatic carbocycles. The molecular weight excluding hydrogens is 388 g/mol. The molecule has 2 rings (SSSR count). The molecule has 7 heteroatoms. The van der Waals surface area contributed by atoms with Gasteiger partial charge in [-0.05, 0) is 50.7 Å². The van der Waals surface area contributed by atoms with Crippen molar-refractivity contribution in [2.45, 2.75) is 57.4 Å². The molecule has 6 nitrogen and oxygen atoms in total. The van der Waals surface area contributed by atoms with Crippen molar-refractivity contribution in [3.05, 3.63) is 29.8 Å². The summed E-state index contributed by atoms with van der Waals surface area (Å²) in [6.45, 7) is 7.55. The van der Waals surface area contributed by atoms with Crippen molar-refractivity contribution < 1.29 is 19.1 Å². The highest BCUT2D eigenvalue weighted by Gasteiger charge is 2.20. The molecule has 1 unspecified atom stereocenters. The van der Waals surface area contributed by atoms with E-state index in [0.717, 1.165) is 38.8 Å². The third-order valence-electron chi connectivity index (χ3n) is 4.84. The van der Waals surface area contributed by atoms with Crippen LogP contribution in [0.1, 0.15) is 56.8 Å². The second-order valence-corrected chi connectivity index (χ2v) is 8.91. The van der Waals surface area contributed by atoms with Crippen LogP contribution < -0.4 is 5.32 Å². The quantitative estimate of drug-likeness (QED) is 0.463. The Bertz CT molecular complexity index is 702. The van der Waals surface area contributed by atoms with Gasteiger partial charge in [-0.3, -0.25) is 9.59 Å². The van der Waals surface area contributed by atoms with Gasteiger partial charge in [-0.2, -0.15) is 0 Å². The van der Waals surface area contributed by atoms with Gasteiger partial charge in [0.05, 0.1) is 11.3 Å². The zero-order valence-electron chi connectivity index (χ0n) is 17.6. The van der Waals surface area contributed by atoms with Crippen LogP contribution in [0, 0.1) is 5.92 Å². The van der Waals surface area contributed by atoms with E-state index in [1.54, 1.807) is 18.2 Å². The Balaban J connectivity index is 1.82. The SMILES string of the molecule is CC(C)CCC(C)NC(=O)COC(=O)c1ccccc1SCC(=O)N1CCCC1. The van der Waals surface area contributed by atoms with E-state index >= 15 is 0 Å². The molecule has 2 amide bonds. The number of esters is 1. The van der Waals surface area contributed by atoms with Gasteiger partial charge >= 0.3 is 5.97 Å². The summed E-state index contributed by atoms with van der Waals surface area (Å²) in [6.07, 6.45) is 4.03. The lowest BCUT2D eigenvalue weighted by molar-refractivity contribution is -0.127. The third-order valence-corrected chi connectivity index (χ3v) is 5.89. The van der Waals surface area contributed by atoms with Crippen molar-refractivity contribution in [2.24, 2.45) is 5.92 Å². The number of benzene rings is 1. The van der Waals surface area contributed by atoms with Crippen molar-refractivity contribution >= 4 is 29.5 Å². The Morgan fingerprint density at radius 3 is 2.48 bits per heavy atom. The summed E-state index contributed by atoms with van der Waals surface area (Å²) < 4.78 is 5.20. The first-order valence-corrected chi connectivity index (χ1v) is 11.3. The maximum atomic E-state index is 12.5. The van der Waals surface area contributed by atoms with Crippen LogP contribution in [-0.4, -0.2) is 54.2 Å². The number of nitrogens with one attached hydrogen (secondary N) is 1. The van der Waals surface area contributed by atoms with Crippen molar-refractivity contribution in [3.63, 3.8) is 0 Å². The normalized spacial score (nSPS) is 14.7. The van der Waals surface area contributed by atoms with E-state index < -0.39 is 5.97 Å². The lowest BCUT2D eigenvalue weighted by atomic mass is 10.0. The second-order valence-electron chi connectivity index (χ2n) is 7.89. The number of nitrogens with zero attached hydrogens (tertiary/aromatic N) is 1. The summed E-state index contributed by atoms with van der Waals surface area (Å²) in [7, 11) is 0. The predicted molar refractivity (Wildman–Crippen MR) is 115 cm³/mol. The van der Waals surface area contributed by atoms with Gasteiger partial charge in [0, 0.05) is 24.0 Å². The number of hydrogen-bond donors (Lipinski definition) is 1. The molecule has 0 bridgehead atoms. The molecule has 1 atom stereocenters. The number of ether oxygens (including phenoxy) is 1. The molecule has 1 heterocycles. The number of likely N-dealkylation sites (tertiary alicyclic amines) is 1. The molecule has 0 saturated carbocycles. The lowest BCUT2D eigenvalue weighted by Crippen LogP contribution is -2.36. The van der Waals surface area contributed by atoms with Crippen molar-refractivity contribution in [1.82, 2.24) is 10.2 Å². The first-order valence-electron chi connectivity index (χ1n) is 10.3. The standard InChI is InChI=1S/C22H32N2O4S/c1-16(2)10-11-17(3)23-20(25)14-28-22(27)18-8-4-5-9-19(18)29-15-21(26)24-12-6-7-13-24/h4-5,8-9,16-17H,6-7,10-15H2,1-3H3,(H,23,25). The maximum absolute atomic E-state index is 12.5. The minimum Gasteiger partial charge on any atom is -0.452 e. The molecule has 160 valence electrons. The molecule has 1 N–H and O–H groups in total. The van der Waals surface area contributed by atoms with Crippen molar-refractivity contribution in [3.8, 4) is 0 Å². The summed E-state index contributed by atoms with van der Waals surface area (Å²) in [5.74, 6) is 0.109. The Morgan fingerprint density at radius 1 is 1.10 bits per heavy atom. The number of thioether (sulfide) groups is 1. The first-order chi connectivity index (χ1) is 13.9. The van der Waals surface area contributed by atoms with Gasteiger partial charge in [0.15, 0.2) is 6.61 Å². The molecule has 1 fully saturated rings. The third kappa shape index (κ3) is 8.09. The van der Waals surface area contributed by atoms with Gasteiger partial charge in [0.25, 0.3) is 5.91 Å². The van der Waals surface area contributed by atoms with Gasteiger partial charge in [0.1, 0.15) is 0 Å². The van der Waals surface area contributed by atoms with Crippen molar-refractivity contribution in [2.75, 3.05) is 25.4 Å². The molecule has 1 aliphatic rings. The van der Waals surface area contributed by atoms with Crippen LogP contribution in [0.25, 0.3) is 0 Å². The monoisotopic (exact) mass is 420 g/mol. The first kappa shape index (κ1) is 23.3. The summed E-state index contributed by atoms with van der Waals surface area (Å²) in [5.41, 5.74) is 0.382. The summed E-state index contributed by atoms with van der Waals surface area (Å²) in [4.78, 5) is 39.3. The molecule has 1 aliphatic heterocycles. The fraction of sp³-hybridized carbons (Fsp3) is 0.591. The topological polar surface area (TPSA) is 75.7 Å². The van der Waals surface area contributed by atoms with Gasteiger partial charge < -0.3 is 15.0 Å². The van der Waals surface area contributed by atoms with E-state index in [1.807, 2.05) is 17.9 Å². The predicted octanol–water partition coefficient (Wildman–Crippen LogP) is 3.50. The molecule has 0 radical (unpaired) electrons. The van der Waals surface area contributed by atoms with Crippen LogP contribution >= 0.6 is 11.8 Å². The fourth-order valence-corrected chi connectivity index (χ4v) is 4.08. The lowest BCUT2D eigenvalue weighted by Gasteiger charge is -2.16. The number of rotatable bonds is 10. The Hall–Kier alpha value is -2.02. The van der Waals surface area contributed by atoms with Gasteiger partial charge in [0.2, 0.25) is 5.91 Å². The molecule has 1 saturated heterocycles.